The van der Waals surface area contributed by atoms with Gasteiger partial charge in [0.25, 0.3) is 0 Å². The van der Waals surface area contributed by atoms with Gasteiger partial charge in [0.2, 0.25) is 0 Å². The van der Waals surface area contributed by atoms with E-state index in [-0.39, 0.29) is 0 Å². The Labute approximate surface area is 103 Å². The number of carboxylic acid groups (broad SMARTS) is 1. The van der Waals surface area contributed by atoms with E-state index in [2.05, 4.69) is 10.6 Å². The predicted molar refractivity (Wildman–Crippen MR) is 61.8 cm³/mol. The monoisotopic (exact) mass is 249 g/mol. The number of hydrogen-bond donors (Lipinski definition) is 4. The molecule has 7 nitrogen and oxygen atoms in total. The SMILES string of the molecule is N#Cc1ccc(NC(=O)NC(CO)C(=O)O)cc1. The molecule has 4 N–H and O–H groups in total. The van der Waals surface area contributed by atoms with Crippen LogP contribution in [0.15, 0.2) is 24.3 Å². The van der Waals surface area contributed by atoms with Crippen LogP contribution in [0.4, 0.5) is 10.5 Å². The number of carbonyl (C=O) groups excluding carboxylic acids is 1. The number of benzene rings is 1. The highest BCUT2D eigenvalue weighted by Crippen LogP contribution is 2.08. The smallest absolute Gasteiger partial charge is 0.328 e. The second-order valence-electron chi connectivity index (χ2n) is 3.36. The number of nitrogens with zero attached hydrogens (tertiary/aromatic N) is 1. The van der Waals surface area contributed by atoms with Crippen LogP contribution in [0, 0.1) is 11.3 Å². The van der Waals surface area contributed by atoms with E-state index in [9.17, 15) is 9.59 Å². The van der Waals surface area contributed by atoms with Crippen LogP contribution in [-0.4, -0.2) is 34.9 Å². The van der Waals surface area contributed by atoms with Crippen molar-refractivity contribution in [2.45, 2.75) is 6.04 Å². The summed E-state index contributed by atoms with van der Waals surface area (Å²) in [6.07, 6.45) is 0. The van der Waals surface area contributed by atoms with Crippen LogP contribution in [-0.2, 0) is 4.79 Å². The maximum atomic E-state index is 11.4. The molecule has 0 aliphatic carbocycles. The Hall–Kier alpha value is -2.59. The molecule has 1 rings (SSSR count). The van der Waals surface area contributed by atoms with E-state index < -0.39 is 24.6 Å². The van der Waals surface area contributed by atoms with Gasteiger partial charge in [-0.15, -0.1) is 0 Å². The van der Waals surface area contributed by atoms with Gasteiger partial charge < -0.3 is 20.8 Å². The summed E-state index contributed by atoms with van der Waals surface area (Å²) in [7, 11) is 0. The summed E-state index contributed by atoms with van der Waals surface area (Å²) in [6.45, 7) is -0.698. The van der Waals surface area contributed by atoms with Crippen molar-refractivity contribution in [2.24, 2.45) is 0 Å². The fraction of sp³-hybridized carbons (Fsp3) is 0.182. The molecule has 0 bridgehead atoms. The number of aliphatic carboxylic acids is 1. The van der Waals surface area contributed by atoms with Crippen LogP contribution in [0.2, 0.25) is 0 Å². The zero-order valence-electron chi connectivity index (χ0n) is 9.25. The molecular weight excluding hydrogens is 238 g/mol. The molecule has 7 heteroatoms. The molecule has 1 unspecified atom stereocenters. The minimum Gasteiger partial charge on any atom is -0.480 e. The molecular formula is C11H11N3O4. The largest absolute Gasteiger partial charge is 0.480 e. The Balaban J connectivity index is 2.59. The highest BCUT2D eigenvalue weighted by molar-refractivity contribution is 5.92. The summed E-state index contributed by atoms with van der Waals surface area (Å²) >= 11 is 0. The molecule has 0 fully saturated rings. The van der Waals surface area contributed by atoms with Crippen molar-refractivity contribution in [3.8, 4) is 6.07 Å². The van der Waals surface area contributed by atoms with Gasteiger partial charge in [0.1, 0.15) is 0 Å². The van der Waals surface area contributed by atoms with Crippen LogP contribution >= 0.6 is 0 Å². The number of hydrogen-bond acceptors (Lipinski definition) is 4. The van der Waals surface area contributed by atoms with E-state index in [1.807, 2.05) is 6.07 Å². The fourth-order valence-corrected chi connectivity index (χ4v) is 1.14. The number of carboxylic acids is 1. The third kappa shape index (κ3) is 3.77. The van der Waals surface area contributed by atoms with Gasteiger partial charge in [-0.05, 0) is 24.3 Å². The lowest BCUT2D eigenvalue weighted by Crippen LogP contribution is -2.45. The van der Waals surface area contributed by atoms with Gasteiger partial charge in [-0.3, -0.25) is 0 Å². The average molecular weight is 249 g/mol. The molecule has 0 radical (unpaired) electrons. The summed E-state index contributed by atoms with van der Waals surface area (Å²) in [5.41, 5.74) is 0.855. The predicted octanol–water partition coefficient (Wildman–Crippen LogP) is 0.125. The number of nitrogens with one attached hydrogen (secondary N) is 2. The van der Waals surface area contributed by atoms with Crippen LogP contribution in [0.5, 0.6) is 0 Å². The molecule has 18 heavy (non-hydrogen) atoms. The summed E-state index contributed by atoms with van der Waals surface area (Å²) < 4.78 is 0. The van der Waals surface area contributed by atoms with Crippen LogP contribution in [0.3, 0.4) is 0 Å². The van der Waals surface area contributed by atoms with Crippen molar-refractivity contribution in [3.05, 3.63) is 29.8 Å². The van der Waals surface area contributed by atoms with Crippen molar-refractivity contribution in [3.63, 3.8) is 0 Å². The van der Waals surface area contributed by atoms with Crippen molar-refractivity contribution < 1.29 is 19.8 Å². The van der Waals surface area contributed by atoms with E-state index >= 15 is 0 Å². The topological polar surface area (TPSA) is 122 Å². The van der Waals surface area contributed by atoms with Crippen LogP contribution in [0.1, 0.15) is 5.56 Å². The van der Waals surface area contributed by atoms with Crippen molar-refractivity contribution in [1.29, 1.82) is 5.26 Å². The standard InChI is InChI=1S/C11H11N3O4/c12-5-7-1-3-8(4-2-7)13-11(18)14-9(6-15)10(16)17/h1-4,9,15H,6H2,(H,16,17)(H2,13,14,18). The van der Waals surface area contributed by atoms with Crippen LogP contribution in [0.25, 0.3) is 0 Å². The summed E-state index contributed by atoms with van der Waals surface area (Å²) in [4.78, 5) is 21.9. The number of urea groups is 1. The zero-order valence-corrected chi connectivity index (χ0v) is 9.25. The highest BCUT2D eigenvalue weighted by atomic mass is 16.4. The molecule has 1 aromatic rings. The second kappa shape index (κ2) is 6.22. The molecule has 0 saturated carbocycles. The third-order valence-corrected chi connectivity index (χ3v) is 2.06. The number of rotatable bonds is 4. The first kappa shape index (κ1) is 13.5. The zero-order chi connectivity index (χ0) is 13.5. The Morgan fingerprint density at radius 3 is 2.39 bits per heavy atom. The van der Waals surface area contributed by atoms with Gasteiger partial charge in [0.15, 0.2) is 6.04 Å². The van der Waals surface area contributed by atoms with Crippen LogP contribution < -0.4 is 10.6 Å². The van der Waals surface area contributed by atoms with Gasteiger partial charge in [-0.25, -0.2) is 9.59 Å². The van der Waals surface area contributed by atoms with Gasteiger partial charge in [0, 0.05) is 5.69 Å². The van der Waals surface area contributed by atoms with E-state index in [1.165, 1.54) is 24.3 Å². The quantitative estimate of drug-likeness (QED) is 0.603. The number of nitriles is 1. The Morgan fingerprint density at radius 1 is 1.33 bits per heavy atom. The lowest BCUT2D eigenvalue weighted by atomic mass is 10.2. The molecule has 1 aromatic carbocycles. The normalized spacial score (nSPS) is 11.1. The lowest BCUT2D eigenvalue weighted by molar-refractivity contribution is -0.140. The number of carbonyl (C=O) groups is 2. The first-order valence-electron chi connectivity index (χ1n) is 4.98. The molecule has 1 atom stereocenters. The summed E-state index contributed by atoms with van der Waals surface area (Å²) in [5.74, 6) is -1.33. The van der Waals surface area contributed by atoms with Crippen molar-refractivity contribution in [2.75, 3.05) is 11.9 Å². The highest BCUT2D eigenvalue weighted by Gasteiger charge is 2.18. The molecule has 0 saturated heterocycles. The Kier molecular flexibility index (Phi) is 4.66. The maximum Gasteiger partial charge on any atom is 0.328 e. The Bertz CT molecular complexity index is 478. The van der Waals surface area contributed by atoms with E-state index in [0.29, 0.717) is 11.3 Å². The van der Waals surface area contributed by atoms with E-state index in [0.717, 1.165) is 0 Å². The van der Waals surface area contributed by atoms with Crippen molar-refractivity contribution >= 4 is 17.7 Å². The molecule has 0 heterocycles. The van der Waals surface area contributed by atoms with Gasteiger partial charge in [-0.1, -0.05) is 0 Å². The third-order valence-electron chi connectivity index (χ3n) is 2.06. The Morgan fingerprint density at radius 2 is 1.94 bits per heavy atom. The minimum absolute atomic E-state index is 0.411. The molecule has 0 spiro atoms. The van der Waals surface area contributed by atoms with Crippen molar-refractivity contribution in [1.82, 2.24) is 5.32 Å². The lowest BCUT2D eigenvalue weighted by Gasteiger charge is -2.12. The summed E-state index contributed by atoms with van der Waals surface area (Å²) in [5, 5.41) is 30.4. The molecule has 0 aliphatic rings. The maximum absolute atomic E-state index is 11.4. The number of aliphatic hydroxyl groups is 1. The first-order valence-corrected chi connectivity index (χ1v) is 4.98. The van der Waals surface area contributed by atoms with Gasteiger partial charge in [-0.2, -0.15) is 5.26 Å². The van der Waals surface area contributed by atoms with Gasteiger partial charge >= 0.3 is 12.0 Å². The van der Waals surface area contributed by atoms with E-state index in [4.69, 9.17) is 15.5 Å². The number of amides is 2. The minimum atomic E-state index is -1.36. The molecule has 0 aromatic heterocycles. The number of anilines is 1. The second-order valence-corrected chi connectivity index (χ2v) is 3.36. The fourth-order valence-electron chi connectivity index (χ4n) is 1.14. The van der Waals surface area contributed by atoms with E-state index in [1.54, 1.807) is 0 Å². The molecule has 0 aliphatic heterocycles. The van der Waals surface area contributed by atoms with Gasteiger partial charge in [0.05, 0.1) is 18.2 Å². The molecule has 94 valence electrons. The average Bonchev–Trinajstić information content (AvgIpc) is 2.36. The number of aliphatic hydroxyl groups excluding tert-OH is 1. The molecule has 2 amide bonds. The first-order chi connectivity index (χ1) is 8.56. The summed E-state index contributed by atoms with van der Waals surface area (Å²) in [6, 6.07) is 5.85.